The third kappa shape index (κ3) is 2.30. The molecule has 2 heterocycles. The van der Waals surface area contributed by atoms with Crippen LogP contribution in [-0.2, 0) is 4.74 Å². The van der Waals surface area contributed by atoms with E-state index < -0.39 is 0 Å². The Morgan fingerprint density at radius 3 is 2.94 bits per heavy atom. The van der Waals surface area contributed by atoms with Crippen LogP contribution in [0.5, 0.6) is 5.75 Å². The van der Waals surface area contributed by atoms with Crippen molar-refractivity contribution in [2.24, 2.45) is 5.41 Å². The normalized spacial score (nSPS) is 17.6. The first-order chi connectivity index (χ1) is 7.59. The number of nitrogens with one attached hydrogen (secondary N) is 1. The van der Waals surface area contributed by atoms with E-state index in [1.807, 2.05) is 0 Å². The highest BCUT2D eigenvalue weighted by atomic mass is 16.5. The SMILES string of the molecule is CC1(CNC(=O)c2cncc(O)c2)COC1. The summed E-state index contributed by atoms with van der Waals surface area (Å²) in [4.78, 5) is 15.4. The first-order valence-corrected chi connectivity index (χ1v) is 5.09. The Labute approximate surface area is 93.5 Å². The van der Waals surface area contributed by atoms with E-state index in [4.69, 9.17) is 4.74 Å². The second-order valence-corrected chi connectivity index (χ2v) is 4.42. The van der Waals surface area contributed by atoms with Crippen LogP contribution >= 0.6 is 0 Å². The van der Waals surface area contributed by atoms with Crippen molar-refractivity contribution < 1.29 is 14.6 Å². The number of carbonyl (C=O) groups is 1. The van der Waals surface area contributed by atoms with Gasteiger partial charge in [-0.05, 0) is 6.07 Å². The van der Waals surface area contributed by atoms with E-state index in [2.05, 4.69) is 17.2 Å². The number of hydrogen-bond donors (Lipinski definition) is 2. The van der Waals surface area contributed by atoms with Gasteiger partial charge in [0.2, 0.25) is 0 Å². The van der Waals surface area contributed by atoms with Crippen molar-refractivity contribution in [1.82, 2.24) is 10.3 Å². The molecule has 0 unspecified atom stereocenters. The lowest BCUT2D eigenvalue weighted by atomic mass is 9.89. The van der Waals surface area contributed by atoms with Crippen molar-refractivity contribution in [2.45, 2.75) is 6.92 Å². The number of rotatable bonds is 3. The first-order valence-electron chi connectivity index (χ1n) is 5.09. The van der Waals surface area contributed by atoms with Crippen LogP contribution in [0.15, 0.2) is 18.5 Å². The van der Waals surface area contributed by atoms with E-state index >= 15 is 0 Å². The molecule has 1 saturated heterocycles. The van der Waals surface area contributed by atoms with Gasteiger partial charge in [0, 0.05) is 18.2 Å². The molecule has 0 saturated carbocycles. The third-order valence-corrected chi connectivity index (χ3v) is 2.56. The summed E-state index contributed by atoms with van der Waals surface area (Å²) in [6.07, 6.45) is 2.71. The van der Waals surface area contributed by atoms with Gasteiger partial charge in [-0.15, -0.1) is 0 Å². The maximum atomic E-state index is 11.7. The number of aromatic hydroxyl groups is 1. The van der Waals surface area contributed by atoms with E-state index in [0.717, 1.165) is 0 Å². The van der Waals surface area contributed by atoms with Crippen LogP contribution < -0.4 is 5.32 Å². The highest BCUT2D eigenvalue weighted by Gasteiger charge is 2.33. The second kappa shape index (κ2) is 4.09. The standard InChI is InChI=1S/C11H14N2O3/c1-11(6-16-7-11)5-13-10(15)8-2-9(14)4-12-3-8/h2-4,14H,5-7H2,1H3,(H,13,15). The van der Waals surface area contributed by atoms with Gasteiger partial charge in [-0.1, -0.05) is 6.92 Å². The average Bonchev–Trinajstić information content (AvgIpc) is 2.23. The van der Waals surface area contributed by atoms with Crippen molar-refractivity contribution in [2.75, 3.05) is 19.8 Å². The number of amides is 1. The Balaban J connectivity index is 1.93. The minimum atomic E-state index is -0.225. The first kappa shape index (κ1) is 10.9. The lowest BCUT2D eigenvalue weighted by Crippen LogP contribution is -2.48. The fraction of sp³-hybridized carbons (Fsp3) is 0.455. The van der Waals surface area contributed by atoms with Gasteiger partial charge in [0.05, 0.1) is 25.0 Å². The Morgan fingerprint density at radius 1 is 1.62 bits per heavy atom. The molecule has 0 radical (unpaired) electrons. The molecule has 0 aliphatic carbocycles. The largest absolute Gasteiger partial charge is 0.506 e. The molecule has 0 spiro atoms. The maximum Gasteiger partial charge on any atom is 0.253 e. The van der Waals surface area contributed by atoms with Crippen LogP contribution in [0.4, 0.5) is 0 Å². The van der Waals surface area contributed by atoms with Crippen LogP contribution in [0.1, 0.15) is 17.3 Å². The summed E-state index contributed by atoms with van der Waals surface area (Å²) in [7, 11) is 0. The van der Waals surface area contributed by atoms with E-state index in [1.165, 1.54) is 18.5 Å². The van der Waals surface area contributed by atoms with Crippen molar-refractivity contribution in [3.63, 3.8) is 0 Å². The van der Waals surface area contributed by atoms with Crippen LogP contribution in [0.2, 0.25) is 0 Å². The molecule has 5 nitrogen and oxygen atoms in total. The van der Waals surface area contributed by atoms with E-state index in [1.54, 1.807) is 0 Å². The quantitative estimate of drug-likeness (QED) is 0.783. The number of carbonyl (C=O) groups excluding carboxylic acids is 1. The molecule has 0 bridgehead atoms. The molecule has 1 aliphatic rings. The highest BCUT2D eigenvalue weighted by Crippen LogP contribution is 2.25. The lowest BCUT2D eigenvalue weighted by molar-refractivity contribution is -0.0978. The topological polar surface area (TPSA) is 71.5 Å². The summed E-state index contributed by atoms with van der Waals surface area (Å²) >= 11 is 0. The van der Waals surface area contributed by atoms with Crippen molar-refractivity contribution in [1.29, 1.82) is 0 Å². The van der Waals surface area contributed by atoms with E-state index in [9.17, 15) is 9.90 Å². The molecule has 0 aromatic carbocycles. The molecule has 1 aromatic heterocycles. The Bertz CT molecular complexity index is 402. The average molecular weight is 222 g/mol. The predicted molar refractivity (Wildman–Crippen MR) is 57.2 cm³/mol. The summed E-state index contributed by atoms with van der Waals surface area (Å²) in [5, 5.41) is 12.0. The van der Waals surface area contributed by atoms with Gasteiger partial charge in [-0.3, -0.25) is 9.78 Å². The fourth-order valence-corrected chi connectivity index (χ4v) is 1.50. The molecule has 2 rings (SSSR count). The highest BCUT2D eigenvalue weighted by molar-refractivity contribution is 5.94. The van der Waals surface area contributed by atoms with Crippen LogP contribution in [0.25, 0.3) is 0 Å². The van der Waals surface area contributed by atoms with Gasteiger partial charge in [0.1, 0.15) is 5.75 Å². The zero-order chi connectivity index (χ0) is 11.6. The summed E-state index contributed by atoms with van der Waals surface area (Å²) in [5.74, 6) is -0.234. The monoisotopic (exact) mass is 222 g/mol. The van der Waals surface area contributed by atoms with Crippen molar-refractivity contribution >= 4 is 5.91 Å². The predicted octanol–water partition coefficient (Wildman–Crippen LogP) is 0.553. The molecule has 1 amide bonds. The Kier molecular flexibility index (Phi) is 2.78. The van der Waals surface area contributed by atoms with Gasteiger partial charge < -0.3 is 15.2 Å². The summed E-state index contributed by atoms with van der Waals surface area (Å²) in [6.45, 7) is 3.97. The fourth-order valence-electron chi connectivity index (χ4n) is 1.50. The molecular formula is C11H14N2O3. The van der Waals surface area contributed by atoms with Gasteiger partial charge in [0.15, 0.2) is 0 Å². The third-order valence-electron chi connectivity index (χ3n) is 2.56. The molecule has 86 valence electrons. The number of ether oxygens (including phenoxy) is 1. The molecule has 1 aliphatic heterocycles. The van der Waals surface area contributed by atoms with Gasteiger partial charge >= 0.3 is 0 Å². The number of aromatic nitrogens is 1. The molecule has 16 heavy (non-hydrogen) atoms. The van der Waals surface area contributed by atoms with Crippen LogP contribution in [0.3, 0.4) is 0 Å². The molecular weight excluding hydrogens is 208 g/mol. The van der Waals surface area contributed by atoms with E-state index in [-0.39, 0.29) is 17.1 Å². The van der Waals surface area contributed by atoms with Crippen LogP contribution in [-0.4, -0.2) is 35.8 Å². The number of pyridine rings is 1. The Morgan fingerprint density at radius 2 is 2.38 bits per heavy atom. The minimum Gasteiger partial charge on any atom is -0.506 e. The molecule has 1 fully saturated rings. The zero-order valence-electron chi connectivity index (χ0n) is 9.06. The van der Waals surface area contributed by atoms with Crippen molar-refractivity contribution in [3.8, 4) is 5.75 Å². The Hall–Kier alpha value is -1.62. The van der Waals surface area contributed by atoms with Crippen LogP contribution in [0, 0.1) is 5.41 Å². The zero-order valence-corrected chi connectivity index (χ0v) is 9.06. The number of hydrogen-bond acceptors (Lipinski definition) is 4. The lowest BCUT2D eigenvalue weighted by Gasteiger charge is -2.37. The van der Waals surface area contributed by atoms with Gasteiger partial charge in [-0.25, -0.2) is 0 Å². The summed E-state index contributed by atoms with van der Waals surface area (Å²) in [6, 6.07) is 1.39. The minimum absolute atomic E-state index is 0.00848. The van der Waals surface area contributed by atoms with E-state index in [0.29, 0.717) is 25.3 Å². The molecule has 0 atom stereocenters. The van der Waals surface area contributed by atoms with Crippen molar-refractivity contribution in [3.05, 3.63) is 24.0 Å². The number of nitrogens with zero attached hydrogens (tertiary/aromatic N) is 1. The summed E-state index contributed by atoms with van der Waals surface area (Å²) in [5.41, 5.74) is 0.406. The van der Waals surface area contributed by atoms with Gasteiger partial charge in [0.25, 0.3) is 5.91 Å². The summed E-state index contributed by atoms with van der Waals surface area (Å²) < 4.78 is 5.09. The molecule has 1 aromatic rings. The second-order valence-electron chi connectivity index (χ2n) is 4.42. The maximum absolute atomic E-state index is 11.7. The molecule has 2 N–H and O–H groups in total. The smallest absolute Gasteiger partial charge is 0.253 e. The van der Waals surface area contributed by atoms with Gasteiger partial charge in [-0.2, -0.15) is 0 Å². The molecule has 5 heteroatoms.